The summed E-state index contributed by atoms with van der Waals surface area (Å²) in [5, 5.41) is 19.8. The number of aryl methyl sites for hydroxylation is 2. The van der Waals surface area contributed by atoms with Crippen molar-refractivity contribution in [3.8, 4) is 0 Å². The average Bonchev–Trinajstić information content (AvgIpc) is 3.15. The van der Waals surface area contributed by atoms with Gasteiger partial charge in [0.2, 0.25) is 5.91 Å². The van der Waals surface area contributed by atoms with Crippen LogP contribution in [-0.4, -0.2) is 44.7 Å². The van der Waals surface area contributed by atoms with E-state index in [1.54, 1.807) is 23.1 Å². The van der Waals surface area contributed by atoms with E-state index >= 15 is 0 Å². The summed E-state index contributed by atoms with van der Waals surface area (Å²) in [6.45, 7) is 5.31. The number of aromatic nitrogens is 4. The number of carbonyl (C=O) groups excluding carboxylic acids is 1. The van der Waals surface area contributed by atoms with E-state index in [1.165, 1.54) is 5.69 Å². The van der Waals surface area contributed by atoms with Gasteiger partial charge in [0.05, 0.1) is 17.9 Å². The molecule has 0 radical (unpaired) electrons. The molecule has 2 aromatic rings. The summed E-state index contributed by atoms with van der Waals surface area (Å²) in [6.07, 6.45) is 1.17. The molecule has 0 saturated carbocycles. The minimum atomic E-state index is 0. The quantitative estimate of drug-likeness (QED) is 0.551. The summed E-state index contributed by atoms with van der Waals surface area (Å²) in [6, 6.07) is 2.09. The molecule has 10 heteroatoms. The van der Waals surface area contributed by atoms with Gasteiger partial charge in [0.1, 0.15) is 5.01 Å². The van der Waals surface area contributed by atoms with Crippen molar-refractivity contribution in [3.63, 3.8) is 0 Å². The Morgan fingerprint density at radius 3 is 3.12 bits per heavy atom. The number of carbonyl (C=O) groups is 1. The second kappa shape index (κ2) is 9.36. The van der Waals surface area contributed by atoms with Gasteiger partial charge >= 0.3 is 0 Å². The Kier molecular flexibility index (Phi) is 7.47. The third-order valence-corrected chi connectivity index (χ3v) is 5.46. The number of nitrogens with one attached hydrogen (secondary N) is 2. The van der Waals surface area contributed by atoms with Crippen molar-refractivity contribution in [2.45, 2.75) is 37.2 Å². The van der Waals surface area contributed by atoms with Crippen molar-refractivity contribution >= 4 is 41.4 Å². The molecule has 24 heavy (non-hydrogen) atoms. The molecule has 1 aliphatic rings. The first-order chi connectivity index (χ1) is 11.2. The Morgan fingerprint density at radius 1 is 1.50 bits per heavy atom. The summed E-state index contributed by atoms with van der Waals surface area (Å²) in [7, 11) is 0. The van der Waals surface area contributed by atoms with E-state index in [1.807, 2.05) is 11.6 Å². The SMILES string of the molecule is Cc1nnc(SCCNC(=O)CCc2cc3n(n2)CCNC3)s1.Cl. The summed E-state index contributed by atoms with van der Waals surface area (Å²) >= 11 is 3.20. The van der Waals surface area contributed by atoms with Gasteiger partial charge < -0.3 is 10.6 Å². The second-order valence-corrected chi connectivity index (χ2v) is 7.84. The number of amides is 1. The van der Waals surface area contributed by atoms with Crippen LogP contribution in [-0.2, 0) is 24.3 Å². The van der Waals surface area contributed by atoms with Crippen LogP contribution in [0, 0.1) is 6.92 Å². The van der Waals surface area contributed by atoms with Gasteiger partial charge in [-0.1, -0.05) is 23.1 Å². The first-order valence-corrected chi connectivity index (χ1v) is 9.47. The highest BCUT2D eigenvalue weighted by molar-refractivity contribution is 8.01. The second-order valence-electron chi connectivity index (χ2n) is 5.31. The molecule has 0 saturated heterocycles. The number of nitrogens with zero attached hydrogens (tertiary/aromatic N) is 4. The fourth-order valence-corrected chi connectivity index (χ4v) is 4.11. The van der Waals surface area contributed by atoms with Crippen molar-refractivity contribution in [1.29, 1.82) is 0 Å². The molecule has 1 aliphatic heterocycles. The summed E-state index contributed by atoms with van der Waals surface area (Å²) in [5.41, 5.74) is 2.20. The molecule has 1 amide bonds. The van der Waals surface area contributed by atoms with Crippen LogP contribution in [0.1, 0.15) is 22.8 Å². The van der Waals surface area contributed by atoms with Crippen LogP contribution in [0.4, 0.5) is 0 Å². The maximum Gasteiger partial charge on any atom is 0.220 e. The standard InChI is InChI=1S/C14H20N6OS2.ClH/c1-10-17-18-14(23-10)22-7-5-16-13(21)3-2-11-8-12-9-15-4-6-20(12)19-11;/h8,15H,2-7,9H2,1H3,(H,16,21);1H. The van der Waals surface area contributed by atoms with E-state index in [0.29, 0.717) is 19.4 Å². The first-order valence-electron chi connectivity index (χ1n) is 7.66. The van der Waals surface area contributed by atoms with E-state index in [0.717, 1.165) is 40.4 Å². The first kappa shape index (κ1) is 19.2. The van der Waals surface area contributed by atoms with E-state index < -0.39 is 0 Å². The number of hydrogen-bond donors (Lipinski definition) is 2. The fraction of sp³-hybridized carbons (Fsp3) is 0.571. The molecular formula is C14H21ClN6OS2. The van der Waals surface area contributed by atoms with Crippen LogP contribution in [0.25, 0.3) is 0 Å². The van der Waals surface area contributed by atoms with Crippen molar-refractivity contribution in [2.24, 2.45) is 0 Å². The van der Waals surface area contributed by atoms with Crippen molar-refractivity contribution in [2.75, 3.05) is 18.8 Å². The van der Waals surface area contributed by atoms with Crippen LogP contribution >= 0.6 is 35.5 Å². The number of halogens is 1. The zero-order valence-electron chi connectivity index (χ0n) is 13.4. The van der Waals surface area contributed by atoms with E-state index in [2.05, 4.69) is 32.0 Å². The summed E-state index contributed by atoms with van der Waals surface area (Å²) in [4.78, 5) is 11.9. The van der Waals surface area contributed by atoms with Gasteiger partial charge in [-0.15, -0.1) is 22.6 Å². The molecule has 132 valence electrons. The smallest absolute Gasteiger partial charge is 0.220 e. The predicted octanol–water partition coefficient (Wildman–Crippen LogP) is 1.41. The Morgan fingerprint density at radius 2 is 2.38 bits per heavy atom. The molecule has 0 aromatic carbocycles. The van der Waals surface area contributed by atoms with Gasteiger partial charge in [-0.2, -0.15) is 5.10 Å². The van der Waals surface area contributed by atoms with Gasteiger partial charge in [0, 0.05) is 38.2 Å². The van der Waals surface area contributed by atoms with Crippen LogP contribution in [0.2, 0.25) is 0 Å². The third kappa shape index (κ3) is 5.44. The monoisotopic (exact) mass is 388 g/mol. The third-order valence-electron chi connectivity index (χ3n) is 3.49. The zero-order valence-corrected chi connectivity index (χ0v) is 15.9. The average molecular weight is 389 g/mol. The minimum absolute atomic E-state index is 0. The molecule has 0 unspecified atom stereocenters. The van der Waals surface area contributed by atoms with E-state index in [9.17, 15) is 4.79 Å². The molecule has 0 atom stereocenters. The van der Waals surface area contributed by atoms with E-state index in [-0.39, 0.29) is 18.3 Å². The lowest BCUT2D eigenvalue weighted by atomic mass is 10.2. The Balaban J connectivity index is 0.00000208. The van der Waals surface area contributed by atoms with Gasteiger partial charge in [0.15, 0.2) is 4.34 Å². The van der Waals surface area contributed by atoms with Gasteiger partial charge in [0.25, 0.3) is 0 Å². The molecule has 3 rings (SSSR count). The van der Waals surface area contributed by atoms with Crippen molar-refractivity contribution in [1.82, 2.24) is 30.6 Å². The predicted molar refractivity (Wildman–Crippen MR) is 97.9 cm³/mol. The van der Waals surface area contributed by atoms with Crippen molar-refractivity contribution < 1.29 is 4.79 Å². The molecule has 2 aromatic heterocycles. The lowest BCUT2D eigenvalue weighted by Crippen LogP contribution is -2.28. The summed E-state index contributed by atoms with van der Waals surface area (Å²) < 4.78 is 2.98. The largest absolute Gasteiger partial charge is 0.355 e. The topological polar surface area (TPSA) is 84.7 Å². The van der Waals surface area contributed by atoms with E-state index in [4.69, 9.17) is 0 Å². The maximum absolute atomic E-state index is 11.9. The maximum atomic E-state index is 11.9. The van der Waals surface area contributed by atoms with Gasteiger partial charge in [-0.05, 0) is 13.0 Å². The van der Waals surface area contributed by atoms with Crippen molar-refractivity contribution in [3.05, 3.63) is 22.5 Å². The van der Waals surface area contributed by atoms with Crippen LogP contribution < -0.4 is 10.6 Å². The molecule has 7 nitrogen and oxygen atoms in total. The highest BCUT2D eigenvalue weighted by Crippen LogP contribution is 2.20. The lowest BCUT2D eigenvalue weighted by Gasteiger charge is -2.13. The Hall–Kier alpha value is -1.16. The van der Waals surface area contributed by atoms with Crippen LogP contribution in [0.5, 0.6) is 0 Å². The van der Waals surface area contributed by atoms with Gasteiger partial charge in [-0.25, -0.2) is 0 Å². The normalized spacial score (nSPS) is 13.2. The number of hydrogen-bond acceptors (Lipinski definition) is 7. The number of fused-ring (bicyclic) bond motifs is 1. The molecule has 0 aliphatic carbocycles. The molecular weight excluding hydrogens is 368 g/mol. The van der Waals surface area contributed by atoms with Crippen LogP contribution in [0.15, 0.2) is 10.4 Å². The molecule has 0 spiro atoms. The number of rotatable bonds is 7. The molecule has 0 fully saturated rings. The molecule has 2 N–H and O–H groups in total. The fourth-order valence-electron chi connectivity index (χ4n) is 2.37. The Bertz CT molecular complexity index is 651. The highest BCUT2D eigenvalue weighted by Gasteiger charge is 2.12. The molecule has 0 bridgehead atoms. The highest BCUT2D eigenvalue weighted by atomic mass is 35.5. The lowest BCUT2D eigenvalue weighted by molar-refractivity contribution is -0.120. The minimum Gasteiger partial charge on any atom is -0.355 e. The molecule has 3 heterocycles. The van der Waals surface area contributed by atoms with Crippen LogP contribution in [0.3, 0.4) is 0 Å². The number of thioether (sulfide) groups is 1. The Labute approximate surface area is 155 Å². The summed E-state index contributed by atoms with van der Waals surface area (Å²) in [5.74, 6) is 0.883. The zero-order chi connectivity index (χ0) is 16.1. The van der Waals surface area contributed by atoms with Gasteiger partial charge in [-0.3, -0.25) is 9.48 Å².